The summed E-state index contributed by atoms with van der Waals surface area (Å²) in [6.45, 7) is -0.510. The largest absolute Gasteiger partial charge is 0.365 e. The van der Waals surface area contributed by atoms with Gasteiger partial charge in [0.25, 0.3) is 5.91 Å². The summed E-state index contributed by atoms with van der Waals surface area (Å²) in [6.07, 6.45) is 0. The number of fused-ring (bicyclic) bond motifs is 3. The molecule has 1 atom stereocenters. The molecule has 0 aromatic heterocycles. The Morgan fingerprint density at radius 1 is 1.19 bits per heavy atom. The fourth-order valence-corrected chi connectivity index (χ4v) is 2.71. The maximum atomic E-state index is 12.4. The minimum absolute atomic E-state index is 0.0986. The molecule has 0 spiro atoms. The molecule has 2 aliphatic rings. The van der Waals surface area contributed by atoms with Crippen molar-refractivity contribution in [1.82, 2.24) is 15.1 Å². The van der Waals surface area contributed by atoms with Crippen LogP contribution in [-0.2, 0) is 15.3 Å². The molecule has 1 aromatic rings. The van der Waals surface area contributed by atoms with Crippen molar-refractivity contribution in [1.29, 1.82) is 0 Å². The number of carbonyl (C=O) groups is 3. The smallest absolute Gasteiger partial charge is 0.257 e. The first kappa shape index (κ1) is 13.6. The normalized spacial score (nSPS) is 25.7. The van der Waals surface area contributed by atoms with Gasteiger partial charge in [0.15, 0.2) is 5.72 Å². The summed E-state index contributed by atoms with van der Waals surface area (Å²) in [5, 5.41) is 13.5. The molecule has 1 aromatic carbocycles. The predicted molar refractivity (Wildman–Crippen MR) is 72.0 cm³/mol. The van der Waals surface area contributed by atoms with Crippen LogP contribution in [0.3, 0.4) is 0 Å². The highest BCUT2D eigenvalue weighted by Gasteiger charge is 2.49. The van der Waals surface area contributed by atoms with Gasteiger partial charge in [-0.2, -0.15) is 0 Å². The fourth-order valence-electron chi connectivity index (χ4n) is 2.71. The van der Waals surface area contributed by atoms with Gasteiger partial charge in [-0.15, -0.1) is 0 Å². The zero-order valence-corrected chi connectivity index (χ0v) is 11.5. The number of aliphatic hydroxyl groups is 1. The number of hydrogen-bond acceptors (Lipinski definition) is 4. The van der Waals surface area contributed by atoms with E-state index in [-0.39, 0.29) is 25.5 Å². The Morgan fingerprint density at radius 2 is 1.90 bits per heavy atom. The van der Waals surface area contributed by atoms with E-state index in [4.69, 9.17) is 0 Å². The van der Waals surface area contributed by atoms with E-state index < -0.39 is 17.5 Å². The number of rotatable bonds is 0. The van der Waals surface area contributed by atoms with Gasteiger partial charge in [-0.3, -0.25) is 19.3 Å². The molecule has 0 bridgehead atoms. The van der Waals surface area contributed by atoms with E-state index in [9.17, 15) is 19.5 Å². The number of hydrogen-bond donors (Lipinski definition) is 2. The molecule has 3 amide bonds. The topological polar surface area (TPSA) is 90.0 Å². The minimum Gasteiger partial charge on any atom is -0.365 e. The summed E-state index contributed by atoms with van der Waals surface area (Å²) < 4.78 is 0. The van der Waals surface area contributed by atoms with Crippen LogP contribution in [0.1, 0.15) is 15.9 Å². The summed E-state index contributed by atoms with van der Waals surface area (Å²) >= 11 is 0. The molecule has 0 aliphatic carbocycles. The highest BCUT2D eigenvalue weighted by Crippen LogP contribution is 2.36. The average Bonchev–Trinajstić information content (AvgIpc) is 2.69. The molecular formula is C14H15N3O4. The summed E-state index contributed by atoms with van der Waals surface area (Å²) in [5.74, 6) is -1.18. The number of nitrogens with one attached hydrogen (secondary N) is 1. The van der Waals surface area contributed by atoms with Crippen molar-refractivity contribution in [3.05, 3.63) is 35.4 Å². The number of carbonyl (C=O) groups excluding carboxylic acids is 3. The van der Waals surface area contributed by atoms with Gasteiger partial charge in [0.1, 0.15) is 6.54 Å². The van der Waals surface area contributed by atoms with Gasteiger partial charge in [0.2, 0.25) is 11.8 Å². The number of nitrogens with zero attached hydrogens (tertiary/aromatic N) is 2. The summed E-state index contributed by atoms with van der Waals surface area (Å²) in [5.41, 5.74) is -0.928. The Morgan fingerprint density at radius 3 is 2.67 bits per heavy atom. The van der Waals surface area contributed by atoms with E-state index in [2.05, 4.69) is 5.32 Å². The Hall–Kier alpha value is -2.41. The van der Waals surface area contributed by atoms with Crippen LogP contribution in [0, 0.1) is 0 Å². The van der Waals surface area contributed by atoms with E-state index in [1.165, 1.54) is 11.9 Å². The Bertz CT molecular complexity index is 645. The zero-order chi connectivity index (χ0) is 15.2. The van der Waals surface area contributed by atoms with Gasteiger partial charge in [-0.1, -0.05) is 18.2 Å². The van der Waals surface area contributed by atoms with Crippen LogP contribution < -0.4 is 5.32 Å². The van der Waals surface area contributed by atoms with Gasteiger partial charge in [-0.05, 0) is 6.07 Å². The van der Waals surface area contributed by atoms with Crippen LogP contribution in [0.15, 0.2) is 24.3 Å². The SMILES string of the molecule is CN1CC(=O)NCC2(O)c3ccccc3C(=O)N2CC1=O. The number of amides is 3. The molecule has 7 nitrogen and oxygen atoms in total. The van der Waals surface area contributed by atoms with Gasteiger partial charge in [-0.25, -0.2) is 0 Å². The fraction of sp³-hybridized carbons (Fsp3) is 0.357. The standard InChI is InChI=1S/C14H15N3O4/c1-16-6-11(18)15-8-14(21)10-5-3-2-4-9(10)13(20)17(14)7-12(16)19/h2-5,21H,6-8H2,1H3,(H,15,18). The average molecular weight is 289 g/mol. The van der Waals surface area contributed by atoms with Gasteiger partial charge in [0.05, 0.1) is 13.1 Å². The lowest BCUT2D eigenvalue weighted by atomic mass is 10.0. The first-order valence-corrected chi connectivity index (χ1v) is 6.58. The summed E-state index contributed by atoms with van der Waals surface area (Å²) in [6, 6.07) is 6.63. The van der Waals surface area contributed by atoms with E-state index >= 15 is 0 Å². The third-order valence-corrected chi connectivity index (χ3v) is 3.91. The van der Waals surface area contributed by atoms with Crippen molar-refractivity contribution in [2.75, 3.05) is 26.7 Å². The molecule has 0 radical (unpaired) electrons. The summed E-state index contributed by atoms with van der Waals surface area (Å²) in [7, 11) is 1.49. The Kier molecular flexibility index (Phi) is 2.94. The van der Waals surface area contributed by atoms with Crippen molar-refractivity contribution in [3.8, 4) is 0 Å². The van der Waals surface area contributed by atoms with Crippen molar-refractivity contribution in [3.63, 3.8) is 0 Å². The Balaban J connectivity index is 2.08. The quantitative estimate of drug-likeness (QED) is 0.633. The molecule has 7 heteroatoms. The lowest BCUT2D eigenvalue weighted by molar-refractivity contribution is -0.137. The van der Waals surface area contributed by atoms with Crippen LogP contribution in [-0.4, -0.2) is 59.3 Å². The molecule has 3 rings (SSSR count). The predicted octanol–water partition coefficient (Wildman–Crippen LogP) is -1.12. The number of benzene rings is 1. The van der Waals surface area contributed by atoms with Crippen molar-refractivity contribution < 1.29 is 19.5 Å². The monoisotopic (exact) mass is 289 g/mol. The lowest BCUT2D eigenvalue weighted by Gasteiger charge is -2.33. The maximum Gasteiger partial charge on any atom is 0.257 e. The highest BCUT2D eigenvalue weighted by atomic mass is 16.3. The minimum atomic E-state index is -1.69. The zero-order valence-electron chi connectivity index (χ0n) is 11.5. The lowest BCUT2D eigenvalue weighted by Crippen LogP contribution is -2.52. The van der Waals surface area contributed by atoms with E-state index in [1.54, 1.807) is 24.3 Å². The molecule has 1 saturated heterocycles. The molecule has 1 unspecified atom stereocenters. The third-order valence-electron chi connectivity index (χ3n) is 3.91. The second-order valence-corrected chi connectivity index (χ2v) is 5.28. The second-order valence-electron chi connectivity index (χ2n) is 5.28. The number of likely N-dealkylation sites (N-methyl/N-ethyl adjacent to an activating group) is 1. The van der Waals surface area contributed by atoms with Crippen molar-refractivity contribution in [2.24, 2.45) is 0 Å². The van der Waals surface area contributed by atoms with Crippen LogP contribution in [0.5, 0.6) is 0 Å². The van der Waals surface area contributed by atoms with Crippen LogP contribution >= 0.6 is 0 Å². The van der Waals surface area contributed by atoms with Crippen molar-refractivity contribution >= 4 is 17.7 Å². The van der Waals surface area contributed by atoms with Gasteiger partial charge in [0, 0.05) is 18.2 Å². The molecule has 1 fully saturated rings. The first-order valence-electron chi connectivity index (χ1n) is 6.58. The van der Waals surface area contributed by atoms with Crippen LogP contribution in [0.25, 0.3) is 0 Å². The van der Waals surface area contributed by atoms with Crippen molar-refractivity contribution in [2.45, 2.75) is 5.72 Å². The third kappa shape index (κ3) is 1.97. The molecule has 110 valence electrons. The van der Waals surface area contributed by atoms with E-state index in [0.717, 1.165) is 4.90 Å². The van der Waals surface area contributed by atoms with E-state index in [0.29, 0.717) is 11.1 Å². The molecule has 0 saturated carbocycles. The molecule has 2 aliphatic heterocycles. The van der Waals surface area contributed by atoms with Crippen LogP contribution in [0.2, 0.25) is 0 Å². The Labute approximate surface area is 121 Å². The molecular weight excluding hydrogens is 274 g/mol. The summed E-state index contributed by atoms with van der Waals surface area (Å²) in [4.78, 5) is 38.6. The second kappa shape index (κ2) is 4.56. The van der Waals surface area contributed by atoms with Gasteiger partial charge >= 0.3 is 0 Å². The van der Waals surface area contributed by atoms with Crippen LogP contribution in [0.4, 0.5) is 0 Å². The van der Waals surface area contributed by atoms with Gasteiger partial charge < -0.3 is 15.3 Å². The number of β-amino-alcohol motifs (C(OH)–C–C–N with tert-alkyl or cyclic N) is 1. The maximum absolute atomic E-state index is 12.4. The van der Waals surface area contributed by atoms with E-state index in [1.807, 2.05) is 0 Å². The first-order chi connectivity index (χ1) is 9.93. The molecule has 21 heavy (non-hydrogen) atoms. The molecule has 2 heterocycles. The highest BCUT2D eigenvalue weighted by molar-refractivity contribution is 6.02. The molecule has 2 N–H and O–H groups in total.